The number of halogens is 1. The van der Waals surface area contributed by atoms with Crippen LogP contribution in [0.15, 0.2) is 85.1 Å². The second kappa shape index (κ2) is 24.2. The number of amides is 3. The molecule has 0 aliphatic heterocycles. The van der Waals surface area contributed by atoms with Gasteiger partial charge in [-0.15, -0.1) is 0 Å². The molecule has 1 aliphatic carbocycles. The van der Waals surface area contributed by atoms with Crippen molar-refractivity contribution in [1.29, 1.82) is 0 Å². The quantitative estimate of drug-likeness (QED) is 0.0886. The SMILES string of the molecule is Cc1ccnc(-c2cc(Cl)ccc2NC(=O)c2cccc(C(=O)N(C)CCOCCOCCOCCC(=O)O)c2)c1.NC=O.c1ccc2c(c1)CCCC2. The summed E-state index contributed by atoms with van der Waals surface area (Å²) in [4.78, 5) is 51.0. The molecule has 0 radical (unpaired) electrons. The number of primary amides is 1. The normalized spacial score (nSPS) is 11.5. The van der Waals surface area contributed by atoms with E-state index in [-0.39, 0.29) is 31.3 Å². The van der Waals surface area contributed by atoms with Crippen molar-refractivity contribution < 1.29 is 38.5 Å². The van der Waals surface area contributed by atoms with E-state index in [9.17, 15) is 14.4 Å². The molecule has 12 nitrogen and oxygen atoms in total. The maximum Gasteiger partial charge on any atom is 0.305 e. The average Bonchev–Trinajstić information content (AvgIpc) is 3.17. The van der Waals surface area contributed by atoms with E-state index in [0.29, 0.717) is 72.7 Å². The van der Waals surface area contributed by atoms with Crippen LogP contribution in [0, 0.1) is 6.92 Å². The Kier molecular flexibility index (Phi) is 19.4. The Bertz CT molecular complexity index is 1780. The number of carboxylic acid groups (broad SMARTS) is 1. The number of aromatic nitrogens is 1. The number of aryl methyl sites for hydroxylation is 3. The zero-order valence-electron chi connectivity index (χ0n) is 30.8. The van der Waals surface area contributed by atoms with E-state index >= 15 is 0 Å². The number of pyridine rings is 1. The molecular formula is C41H49ClN4O8. The van der Waals surface area contributed by atoms with Crippen LogP contribution in [0.4, 0.5) is 5.69 Å². The predicted molar refractivity (Wildman–Crippen MR) is 209 cm³/mol. The number of nitrogens with zero attached hydrogens (tertiary/aromatic N) is 2. The van der Waals surface area contributed by atoms with Crippen LogP contribution in [0.2, 0.25) is 5.02 Å². The molecule has 5 rings (SSSR count). The van der Waals surface area contributed by atoms with Crippen LogP contribution >= 0.6 is 11.6 Å². The zero-order valence-corrected chi connectivity index (χ0v) is 31.6. The highest BCUT2D eigenvalue weighted by Crippen LogP contribution is 2.30. The first-order chi connectivity index (χ1) is 26.1. The van der Waals surface area contributed by atoms with Gasteiger partial charge in [0.25, 0.3) is 11.8 Å². The van der Waals surface area contributed by atoms with Gasteiger partial charge in [-0.3, -0.25) is 24.2 Å². The fourth-order valence-electron chi connectivity index (χ4n) is 5.41. The lowest BCUT2D eigenvalue weighted by atomic mass is 9.92. The van der Waals surface area contributed by atoms with Crippen LogP contribution in [0.3, 0.4) is 0 Å². The first-order valence-corrected chi connectivity index (χ1v) is 18.1. The molecule has 0 atom stereocenters. The minimum atomic E-state index is -0.902. The monoisotopic (exact) mass is 760 g/mol. The Balaban J connectivity index is 0.000000504. The lowest BCUT2D eigenvalue weighted by molar-refractivity contribution is -0.138. The number of fused-ring (bicyclic) bond motifs is 1. The number of hydrogen-bond acceptors (Lipinski definition) is 8. The van der Waals surface area contributed by atoms with Crippen molar-refractivity contribution >= 4 is 41.5 Å². The van der Waals surface area contributed by atoms with Gasteiger partial charge < -0.3 is 35.3 Å². The van der Waals surface area contributed by atoms with Gasteiger partial charge in [0.1, 0.15) is 0 Å². The van der Waals surface area contributed by atoms with Crippen molar-refractivity contribution in [3.63, 3.8) is 0 Å². The van der Waals surface area contributed by atoms with Gasteiger partial charge in [-0.1, -0.05) is 41.9 Å². The number of anilines is 1. The average molecular weight is 761 g/mol. The fraction of sp³-hybridized carbons (Fsp3) is 0.341. The van der Waals surface area contributed by atoms with Crippen molar-refractivity contribution in [2.45, 2.75) is 39.0 Å². The van der Waals surface area contributed by atoms with Gasteiger partial charge in [-0.05, 0) is 97.8 Å². The molecule has 1 aromatic heterocycles. The molecular weight excluding hydrogens is 712 g/mol. The lowest BCUT2D eigenvalue weighted by Crippen LogP contribution is -2.30. The lowest BCUT2D eigenvalue weighted by Gasteiger charge is -2.18. The molecule has 54 heavy (non-hydrogen) atoms. The number of carboxylic acids is 1. The molecule has 0 bridgehead atoms. The van der Waals surface area contributed by atoms with E-state index in [1.165, 1.54) is 30.6 Å². The standard InChI is InChI=1S/C30H34ClN3O7.C10H12.CH3NO/c1-21-8-10-32-27(18-21)25-20-24(31)6-7-26(25)33-29(37)22-4-3-5-23(19-22)30(38)34(2)11-13-40-15-17-41-16-14-39-12-9-28(35)36;1-2-6-10-8-4-3-7-9(10)5-1;2-1-3/h3-8,10,18-20H,9,11-17H2,1-2H3,(H,33,37)(H,35,36);1-2,5-6H,3-4,7-8H2;1H,(H2,2,3). The molecule has 1 aliphatic rings. The summed E-state index contributed by atoms with van der Waals surface area (Å²) >= 11 is 6.22. The smallest absolute Gasteiger partial charge is 0.305 e. The van der Waals surface area contributed by atoms with E-state index in [4.69, 9.17) is 35.7 Å². The molecule has 0 saturated carbocycles. The number of aliphatic carboxylic acids is 1. The highest BCUT2D eigenvalue weighted by molar-refractivity contribution is 6.31. The number of carbonyl (C=O) groups excluding carboxylic acids is 3. The molecule has 13 heteroatoms. The van der Waals surface area contributed by atoms with Crippen LogP contribution in [-0.4, -0.2) is 92.4 Å². The number of likely N-dealkylation sites (N-methyl/N-ethyl adjacent to an activating group) is 1. The molecule has 0 unspecified atom stereocenters. The highest BCUT2D eigenvalue weighted by atomic mass is 35.5. The number of rotatable bonds is 16. The largest absolute Gasteiger partial charge is 0.481 e. The second-order valence-electron chi connectivity index (χ2n) is 12.3. The summed E-state index contributed by atoms with van der Waals surface area (Å²) in [6.07, 6.45) is 7.29. The molecule has 0 spiro atoms. The summed E-state index contributed by atoms with van der Waals surface area (Å²) in [6.45, 7) is 4.13. The third kappa shape index (κ3) is 15.5. The minimum Gasteiger partial charge on any atom is -0.481 e. The summed E-state index contributed by atoms with van der Waals surface area (Å²) in [5.41, 5.74) is 11.0. The van der Waals surface area contributed by atoms with Gasteiger partial charge in [-0.25, -0.2) is 0 Å². The van der Waals surface area contributed by atoms with Gasteiger partial charge in [0, 0.05) is 41.5 Å². The van der Waals surface area contributed by atoms with Gasteiger partial charge in [0.05, 0.1) is 57.4 Å². The Labute approximate surface area is 321 Å². The molecule has 4 aromatic rings. The Morgan fingerprint density at radius 2 is 1.46 bits per heavy atom. The summed E-state index contributed by atoms with van der Waals surface area (Å²) in [5, 5.41) is 12.0. The van der Waals surface area contributed by atoms with Crippen molar-refractivity contribution in [3.8, 4) is 11.3 Å². The van der Waals surface area contributed by atoms with E-state index in [2.05, 4.69) is 40.3 Å². The van der Waals surface area contributed by atoms with Crippen LogP contribution < -0.4 is 11.1 Å². The molecule has 1 heterocycles. The number of ether oxygens (including phenoxy) is 3. The molecule has 0 saturated heterocycles. The Morgan fingerprint density at radius 3 is 2.09 bits per heavy atom. The van der Waals surface area contributed by atoms with Gasteiger partial charge in [-0.2, -0.15) is 0 Å². The number of hydrogen-bond donors (Lipinski definition) is 3. The molecule has 0 fully saturated rings. The van der Waals surface area contributed by atoms with Gasteiger partial charge >= 0.3 is 5.97 Å². The topological polar surface area (TPSA) is 170 Å². The first-order valence-electron chi connectivity index (χ1n) is 17.7. The molecule has 288 valence electrons. The maximum atomic E-state index is 13.1. The number of nitrogens with two attached hydrogens (primary N) is 1. The second-order valence-corrected chi connectivity index (χ2v) is 12.7. The summed E-state index contributed by atoms with van der Waals surface area (Å²) in [5.74, 6) is -1.51. The molecule has 3 amide bonds. The Hall–Kier alpha value is -5.14. The third-order valence-electron chi connectivity index (χ3n) is 8.18. The summed E-state index contributed by atoms with van der Waals surface area (Å²) in [6, 6.07) is 24.3. The third-order valence-corrected chi connectivity index (χ3v) is 8.41. The molecule has 3 aromatic carbocycles. The number of nitrogens with one attached hydrogen (secondary N) is 1. The Morgan fingerprint density at radius 1 is 0.852 bits per heavy atom. The van der Waals surface area contributed by atoms with Crippen molar-refractivity contribution in [2.75, 3.05) is 58.6 Å². The van der Waals surface area contributed by atoms with Gasteiger partial charge in [0.15, 0.2) is 0 Å². The first kappa shape index (κ1) is 43.3. The van der Waals surface area contributed by atoms with Crippen molar-refractivity contribution in [3.05, 3.63) is 118 Å². The van der Waals surface area contributed by atoms with E-state index in [1.807, 2.05) is 19.1 Å². The molecule has 4 N–H and O–H groups in total. The summed E-state index contributed by atoms with van der Waals surface area (Å²) in [7, 11) is 1.66. The predicted octanol–water partition coefficient (Wildman–Crippen LogP) is 6.23. The van der Waals surface area contributed by atoms with E-state index < -0.39 is 5.97 Å². The zero-order chi connectivity index (χ0) is 39.1. The van der Waals surface area contributed by atoms with E-state index in [0.717, 1.165) is 5.56 Å². The fourth-order valence-corrected chi connectivity index (χ4v) is 5.58. The minimum absolute atomic E-state index is 0.0382. The van der Waals surface area contributed by atoms with Crippen LogP contribution in [0.1, 0.15) is 56.7 Å². The van der Waals surface area contributed by atoms with Crippen molar-refractivity contribution in [2.24, 2.45) is 5.73 Å². The van der Waals surface area contributed by atoms with E-state index in [1.54, 1.807) is 66.8 Å². The van der Waals surface area contributed by atoms with Crippen molar-refractivity contribution in [1.82, 2.24) is 9.88 Å². The van der Waals surface area contributed by atoms with Gasteiger partial charge in [0.2, 0.25) is 6.41 Å². The van der Waals surface area contributed by atoms with Crippen LogP contribution in [-0.2, 0) is 36.6 Å². The van der Waals surface area contributed by atoms with Crippen LogP contribution in [0.25, 0.3) is 11.3 Å². The summed E-state index contributed by atoms with van der Waals surface area (Å²) < 4.78 is 16.0. The number of carbonyl (C=O) groups is 4. The highest BCUT2D eigenvalue weighted by Gasteiger charge is 2.16. The number of benzene rings is 3. The van der Waals surface area contributed by atoms with Crippen LogP contribution in [0.5, 0.6) is 0 Å². The maximum absolute atomic E-state index is 13.1.